The largest absolute Gasteiger partial charge is 0.481 e. The number of anilines is 1. The number of alkyl halides is 1. The molecule has 0 atom stereocenters. The summed E-state index contributed by atoms with van der Waals surface area (Å²) in [4.78, 5) is 6.29. The van der Waals surface area contributed by atoms with Gasteiger partial charge in [0.25, 0.3) is 0 Å². The van der Waals surface area contributed by atoms with E-state index in [0.29, 0.717) is 5.88 Å². The van der Waals surface area contributed by atoms with Crippen molar-refractivity contribution in [1.82, 2.24) is 4.98 Å². The average Bonchev–Trinajstić information content (AvgIpc) is 2.28. The molecule has 0 spiro atoms. The van der Waals surface area contributed by atoms with E-state index in [1.54, 1.807) is 13.3 Å². The monoisotopic (exact) mass is 272 g/mol. The molecule has 0 N–H and O–H groups in total. The molecule has 1 rings (SSSR count). The number of hydrogen-bond acceptors (Lipinski definition) is 3. The Morgan fingerprint density at radius 1 is 1.53 bits per heavy atom. The second-order valence-corrected chi connectivity index (χ2v) is 4.62. The molecule has 1 aromatic rings. The summed E-state index contributed by atoms with van der Waals surface area (Å²) in [6.07, 6.45) is 1.76. The third kappa shape index (κ3) is 2.84. The van der Waals surface area contributed by atoms with E-state index >= 15 is 0 Å². The lowest BCUT2D eigenvalue weighted by molar-refractivity contribution is 0.397. The smallest absolute Gasteiger partial charge is 0.214 e. The minimum absolute atomic E-state index is 0.0619. The maximum atomic E-state index is 5.10. The average molecular weight is 273 g/mol. The van der Waals surface area contributed by atoms with Crippen LogP contribution < -0.4 is 9.64 Å². The molecule has 3 nitrogen and oxygen atoms in total. The molecule has 1 aromatic heterocycles. The van der Waals surface area contributed by atoms with Crippen molar-refractivity contribution in [3.05, 3.63) is 18.3 Å². The molecule has 15 heavy (non-hydrogen) atoms. The highest BCUT2D eigenvalue weighted by molar-refractivity contribution is 9.09. The van der Waals surface area contributed by atoms with Crippen LogP contribution in [0, 0.1) is 0 Å². The predicted octanol–water partition coefficient (Wildman–Crippen LogP) is 2.70. The Bertz CT molecular complexity index is 328. The van der Waals surface area contributed by atoms with Crippen LogP contribution in [-0.4, -0.2) is 30.0 Å². The third-order valence-corrected chi connectivity index (χ3v) is 3.92. The number of halogens is 1. The van der Waals surface area contributed by atoms with E-state index in [1.807, 2.05) is 12.1 Å². The maximum absolute atomic E-state index is 5.10. The molecular formula is C11H17BrN2O. The quantitative estimate of drug-likeness (QED) is 0.789. The normalized spacial score (nSPS) is 11.3. The second kappa shape index (κ2) is 4.84. The highest BCUT2D eigenvalue weighted by Gasteiger charge is 2.22. The number of rotatable bonds is 4. The van der Waals surface area contributed by atoms with Gasteiger partial charge in [0, 0.05) is 35.9 Å². The van der Waals surface area contributed by atoms with Crippen LogP contribution in [0.2, 0.25) is 0 Å². The molecule has 0 saturated carbocycles. The van der Waals surface area contributed by atoms with E-state index in [9.17, 15) is 0 Å². The first-order chi connectivity index (χ1) is 7.01. The molecule has 84 valence electrons. The predicted molar refractivity (Wildman–Crippen MR) is 67.1 cm³/mol. The van der Waals surface area contributed by atoms with Gasteiger partial charge in [-0.05, 0) is 19.9 Å². The molecule has 0 unspecified atom stereocenters. The first-order valence-corrected chi connectivity index (χ1v) is 5.93. The lowest BCUT2D eigenvalue weighted by Gasteiger charge is -2.36. The van der Waals surface area contributed by atoms with Crippen molar-refractivity contribution in [3.63, 3.8) is 0 Å². The Kier molecular flexibility index (Phi) is 3.97. The number of nitrogens with zero attached hydrogens (tertiary/aromatic N) is 2. The minimum atomic E-state index is 0.0619. The number of ether oxygens (including phenoxy) is 1. The van der Waals surface area contributed by atoms with Crippen molar-refractivity contribution in [1.29, 1.82) is 0 Å². The van der Waals surface area contributed by atoms with Crippen molar-refractivity contribution in [2.45, 2.75) is 19.4 Å². The van der Waals surface area contributed by atoms with E-state index in [2.05, 4.69) is 46.7 Å². The Morgan fingerprint density at radius 2 is 2.20 bits per heavy atom. The van der Waals surface area contributed by atoms with Gasteiger partial charge in [-0.25, -0.2) is 4.98 Å². The fraction of sp³-hybridized carbons (Fsp3) is 0.545. The molecule has 0 bridgehead atoms. The lowest BCUT2D eigenvalue weighted by atomic mass is 10.1. The van der Waals surface area contributed by atoms with E-state index in [0.717, 1.165) is 11.0 Å². The Hall–Kier alpha value is -0.770. The first kappa shape index (κ1) is 12.3. The van der Waals surface area contributed by atoms with Crippen molar-refractivity contribution in [3.8, 4) is 5.88 Å². The van der Waals surface area contributed by atoms with Crippen LogP contribution in [0.25, 0.3) is 0 Å². The van der Waals surface area contributed by atoms with E-state index < -0.39 is 0 Å². The van der Waals surface area contributed by atoms with Gasteiger partial charge < -0.3 is 9.64 Å². The molecule has 1 heterocycles. The van der Waals surface area contributed by atoms with Crippen LogP contribution in [-0.2, 0) is 0 Å². The number of hydrogen-bond donors (Lipinski definition) is 0. The number of pyridine rings is 1. The zero-order valence-corrected chi connectivity index (χ0v) is 11.2. The maximum Gasteiger partial charge on any atom is 0.214 e. The molecule has 0 fully saturated rings. The van der Waals surface area contributed by atoms with E-state index in [1.165, 1.54) is 0 Å². The summed E-state index contributed by atoms with van der Waals surface area (Å²) in [5.74, 6) is 0.643. The van der Waals surface area contributed by atoms with Crippen molar-refractivity contribution in [2.24, 2.45) is 0 Å². The molecule has 0 aliphatic heterocycles. The van der Waals surface area contributed by atoms with Crippen molar-refractivity contribution in [2.75, 3.05) is 24.4 Å². The minimum Gasteiger partial charge on any atom is -0.481 e. The van der Waals surface area contributed by atoms with Crippen molar-refractivity contribution >= 4 is 21.6 Å². The standard InChI is InChI=1S/C11H17BrN2O/c1-11(2,8-12)14(3)9-5-6-13-10(7-9)15-4/h5-7H,8H2,1-4H3. The zero-order valence-electron chi connectivity index (χ0n) is 9.62. The van der Waals surface area contributed by atoms with Gasteiger partial charge in [0.1, 0.15) is 0 Å². The highest BCUT2D eigenvalue weighted by Crippen LogP contribution is 2.25. The Labute approximate surface area is 99.6 Å². The van der Waals surface area contributed by atoms with Crippen LogP contribution >= 0.6 is 15.9 Å². The fourth-order valence-electron chi connectivity index (χ4n) is 1.16. The van der Waals surface area contributed by atoms with Crippen LogP contribution in [0.5, 0.6) is 5.88 Å². The molecule has 0 aliphatic rings. The Balaban J connectivity index is 2.95. The van der Waals surface area contributed by atoms with Crippen LogP contribution in [0.4, 0.5) is 5.69 Å². The van der Waals surface area contributed by atoms with Crippen LogP contribution in [0.15, 0.2) is 18.3 Å². The molecule has 0 aromatic carbocycles. The van der Waals surface area contributed by atoms with Gasteiger partial charge in [-0.3, -0.25) is 0 Å². The SMILES string of the molecule is COc1cc(N(C)C(C)(C)CBr)ccn1. The summed E-state index contributed by atoms with van der Waals surface area (Å²) in [5.41, 5.74) is 1.16. The van der Waals surface area contributed by atoms with E-state index in [4.69, 9.17) is 4.74 Å². The topological polar surface area (TPSA) is 25.4 Å². The fourth-order valence-corrected chi connectivity index (χ4v) is 1.53. The second-order valence-electron chi connectivity index (χ2n) is 4.06. The molecule has 0 radical (unpaired) electrons. The first-order valence-electron chi connectivity index (χ1n) is 4.81. The molecule has 0 saturated heterocycles. The van der Waals surface area contributed by atoms with Gasteiger partial charge >= 0.3 is 0 Å². The van der Waals surface area contributed by atoms with Gasteiger partial charge in [0.05, 0.1) is 7.11 Å². The van der Waals surface area contributed by atoms with Gasteiger partial charge in [-0.2, -0.15) is 0 Å². The molecule has 4 heteroatoms. The lowest BCUT2D eigenvalue weighted by Crippen LogP contribution is -2.42. The zero-order chi connectivity index (χ0) is 11.5. The Morgan fingerprint density at radius 3 is 2.73 bits per heavy atom. The summed E-state index contributed by atoms with van der Waals surface area (Å²) >= 11 is 3.52. The van der Waals surface area contributed by atoms with E-state index in [-0.39, 0.29) is 5.54 Å². The van der Waals surface area contributed by atoms with Gasteiger partial charge in [-0.15, -0.1) is 0 Å². The molecule has 0 aliphatic carbocycles. The summed E-state index contributed by atoms with van der Waals surface area (Å²) in [6.45, 7) is 4.35. The third-order valence-electron chi connectivity index (χ3n) is 2.55. The van der Waals surface area contributed by atoms with Gasteiger partial charge in [0.2, 0.25) is 5.88 Å². The molecular weight excluding hydrogens is 256 g/mol. The number of methoxy groups -OCH3 is 1. The van der Waals surface area contributed by atoms with Crippen molar-refractivity contribution < 1.29 is 4.74 Å². The highest BCUT2D eigenvalue weighted by atomic mass is 79.9. The van der Waals surface area contributed by atoms with Crippen LogP contribution in [0.1, 0.15) is 13.8 Å². The summed E-state index contributed by atoms with van der Waals surface area (Å²) in [6, 6.07) is 3.91. The van der Waals surface area contributed by atoms with Gasteiger partial charge in [0.15, 0.2) is 0 Å². The van der Waals surface area contributed by atoms with Crippen LogP contribution in [0.3, 0.4) is 0 Å². The number of aromatic nitrogens is 1. The summed E-state index contributed by atoms with van der Waals surface area (Å²) in [5, 5.41) is 0.904. The van der Waals surface area contributed by atoms with Gasteiger partial charge in [-0.1, -0.05) is 15.9 Å². The molecule has 0 amide bonds. The summed E-state index contributed by atoms with van der Waals surface area (Å²) < 4.78 is 5.10. The summed E-state index contributed by atoms with van der Waals surface area (Å²) in [7, 11) is 3.69.